The van der Waals surface area contributed by atoms with Gasteiger partial charge in [0.25, 0.3) is 0 Å². The van der Waals surface area contributed by atoms with Crippen LogP contribution < -0.4 is 15.4 Å². The van der Waals surface area contributed by atoms with Crippen molar-refractivity contribution in [2.45, 2.75) is 55.8 Å². The minimum Gasteiger partial charge on any atom is -0.495 e. The summed E-state index contributed by atoms with van der Waals surface area (Å²) in [5.74, 6) is 1.91. The van der Waals surface area contributed by atoms with Gasteiger partial charge in [-0.3, -0.25) is 13.9 Å². The number of thiol groups is 1. The number of methoxy groups -OCH3 is 1. The lowest BCUT2D eigenvalue weighted by molar-refractivity contribution is -0.136. The topological polar surface area (TPSA) is 137 Å². The van der Waals surface area contributed by atoms with E-state index in [2.05, 4.69) is 48.2 Å². The third-order valence-electron chi connectivity index (χ3n) is 8.97. The zero-order chi connectivity index (χ0) is 32.6. The molecule has 0 radical (unpaired) electrons. The molecule has 0 spiro atoms. The number of β-amino-alcohol motifs (C(OH)–C–C–N with tert-alkyl or cyclic N) is 1. The number of nitrogens with zero attached hydrogens (tertiary/aromatic N) is 6. The molecule has 2 fully saturated rings. The second-order valence-corrected chi connectivity index (χ2v) is 17.7. The maximum absolute atomic E-state index is 13.6. The molecule has 0 bridgehead atoms. The van der Waals surface area contributed by atoms with Crippen molar-refractivity contribution in [1.29, 1.82) is 0 Å². The van der Waals surface area contributed by atoms with Crippen molar-refractivity contribution in [3.63, 3.8) is 0 Å². The number of aryl methyl sites for hydroxylation is 1. The van der Waals surface area contributed by atoms with E-state index >= 15 is 0 Å². The lowest BCUT2D eigenvalue weighted by Gasteiger charge is -2.38. The number of aliphatic hydroxyl groups is 1. The van der Waals surface area contributed by atoms with Gasteiger partial charge >= 0.3 is 0 Å². The van der Waals surface area contributed by atoms with Gasteiger partial charge in [-0.25, -0.2) is 0 Å². The van der Waals surface area contributed by atoms with Crippen molar-refractivity contribution >= 4 is 52.8 Å². The van der Waals surface area contributed by atoms with Crippen LogP contribution in [0.25, 0.3) is 5.65 Å². The van der Waals surface area contributed by atoms with E-state index in [0.29, 0.717) is 67.6 Å². The zero-order valence-corrected chi connectivity index (χ0v) is 28.7. The lowest BCUT2D eigenvalue weighted by Crippen LogP contribution is -2.55. The van der Waals surface area contributed by atoms with Crippen LogP contribution >= 0.6 is 8.44 Å². The van der Waals surface area contributed by atoms with Gasteiger partial charge in [0.15, 0.2) is 5.65 Å². The van der Waals surface area contributed by atoms with Gasteiger partial charge in [0.2, 0.25) is 17.8 Å². The highest BCUT2D eigenvalue weighted by Crippen LogP contribution is 2.39. The Bertz CT molecular complexity index is 1790. The number of aliphatic hydroxyl groups excluding tert-OH is 1. The second kappa shape index (κ2) is 13.2. The highest BCUT2D eigenvalue weighted by Gasteiger charge is 2.30. The zero-order valence-electron chi connectivity index (χ0n) is 26.7. The summed E-state index contributed by atoms with van der Waals surface area (Å²) in [4.78, 5) is 26.9. The number of carbonyl (C=O) groups is 1. The number of amides is 1. The van der Waals surface area contributed by atoms with E-state index in [4.69, 9.17) is 9.72 Å². The first kappa shape index (κ1) is 32.3. The number of carbonyl (C=O) groups excluding carboxylic acids is 1. The number of hydrogen-bond acceptors (Lipinski definition) is 10. The molecule has 2 aliphatic heterocycles. The molecule has 46 heavy (non-hydrogen) atoms. The fourth-order valence-corrected chi connectivity index (χ4v) is 8.24. The van der Waals surface area contributed by atoms with Crippen LogP contribution in [-0.4, -0.2) is 95.8 Å². The number of anilines is 4. The first-order chi connectivity index (χ1) is 22.0. The molecular formula is C32H43N8O4PS. The van der Waals surface area contributed by atoms with Crippen LogP contribution in [0.1, 0.15) is 43.7 Å². The fraction of sp³-hybridized carbons (Fsp3) is 0.438. The van der Waals surface area contributed by atoms with Crippen LogP contribution in [0.5, 0.6) is 5.75 Å². The molecule has 1 unspecified atom stereocenters. The summed E-state index contributed by atoms with van der Waals surface area (Å²) in [6, 6.07) is 13.5. The predicted octanol–water partition coefficient (Wildman–Crippen LogP) is 3.89. The molecule has 2 aromatic carbocycles. The largest absolute Gasteiger partial charge is 0.495 e. The molecule has 2 saturated heterocycles. The molecule has 6 rings (SSSR count). The van der Waals surface area contributed by atoms with Gasteiger partial charge in [-0.2, -0.15) is 19.6 Å². The first-order valence-electron chi connectivity index (χ1n) is 15.6. The summed E-state index contributed by atoms with van der Waals surface area (Å²) in [6.45, 7) is 8.96. The number of piperidine rings is 1. The molecule has 4 heterocycles. The first-order valence-corrected chi connectivity index (χ1v) is 19.0. The monoisotopic (exact) mass is 666 g/mol. The average Bonchev–Trinajstić information content (AvgIpc) is 3.50. The smallest absolute Gasteiger partial charge is 0.236 e. The average molecular weight is 667 g/mol. The maximum atomic E-state index is 13.6. The molecule has 14 heteroatoms. The van der Waals surface area contributed by atoms with Crippen LogP contribution in [0.15, 0.2) is 53.6 Å². The van der Waals surface area contributed by atoms with Gasteiger partial charge in [0.1, 0.15) is 5.75 Å². The van der Waals surface area contributed by atoms with E-state index in [-0.39, 0.29) is 17.3 Å². The van der Waals surface area contributed by atoms with Gasteiger partial charge in [0.05, 0.1) is 37.3 Å². The minimum atomic E-state index is -2.73. The molecule has 2 aromatic heterocycles. The summed E-state index contributed by atoms with van der Waals surface area (Å²) < 4.78 is 21.1. The van der Waals surface area contributed by atoms with Crippen molar-refractivity contribution in [1.82, 2.24) is 29.4 Å². The number of ether oxygens (including phenoxy) is 1. The third kappa shape index (κ3) is 6.60. The van der Waals surface area contributed by atoms with Gasteiger partial charge in [-0.05, 0) is 61.1 Å². The number of hydrogen-bond donors (Lipinski definition) is 4. The maximum Gasteiger partial charge on any atom is 0.236 e. The number of fused-ring (bicyclic) bond motifs is 1. The van der Waals surface area contributed by atoms with Gasteiger partial charge in [0, 0.05) is 42.4 Å². The summed E-state index contributed by atoms with van der Waals surface area (Å²) in [5, 5.41) is 20.6. The third-order valence-corrected chi connectivity index (χ3v) is 14.3. The summed E-state index contributed by atoms with van der Waals surface area (Å²) >= 11 is 0. The van der Waals surface area contributed by atoms with Gasteiger partial charge in [-0.1, -0.05) is 44.0 Å². The predicted molar refractivity (Wildman–Crippen MR) is 185 cm³/mol. The Kier molecular flexibility index (Phi) is 9.29. The number of likely N-dealkylation sites (tertiary alicyclic amines) is 2. The van der Waals surface area contributed by atoms with E-state index in [1.54, 1.807) is 23.9 Å². The van der Waals surface area contributed by atoms with E-state index in [1.807, 2.05) is 47.9 Å². The van der Waals surface area contributed by atoms with Crippen molar-refractivity contribution < 1.29 is 18.8 Å². The van der Waals surface area contributed by atoms with Gasteiger partial charge < -0.3 is 25.4 Å². The quantitative estimate of drug-likeness (QED) is 0.146. The molecule has 4 aromatic rings. The summed E-state index contributed by atoms with van der Waals surface area (Å²) in [6.07, 6.45) is 3.11. The SMILES string of the molecule is COc1cc(C2CCN(C(=O)CN3CC(O)C3)CC2)c(C)cc1Nc1nc(Nc2ccccc2[SH](=O)(P)C(C)C)n2nccc2n1. The molecule has 0 aliphatic carbocycles. The Labute approximate surface area is 272 Å². The molecule has 246 valence electrons. The molecule has 0 saturated carbocycles. The molecule has 12 nitrogen and oxygen atoms in total. The molecule has 2 aliphatic rings. The lowest BCUT2D eigenvalue weighted by atomic mass is 9.86. The Balaban J connectivity index is 1.21. The van der Waals surface area contributed by atoms with E-state index in [0.717, 1.165) is 29.0 Å². The Hall–Kier alpha value is -3.64. The summed E-state index contributed by atoms with van der Waals surface area (Å²) in [5.41, 5.74) is 4.34. The molecule has 1 atom stereocenters. The van der Waals surface area contributed by atoms with Crippen LogP contribution in [0.4, 0.5) is 23.3 Å². The summed E-state index contributed by atoms with van der Waals surface area (Å²) in [7, 11) is 1.48. The number of benzene rings is 2. The van der Waals surface area contributed by atoms with E-state index < -0.39 is 9.55 Å². The second-order valence-electron chi connectivity index (χ2n) is 12.5. The molecular weight excluding hydrogens is 623 g/mol. The van der Waals surface area contributed by atoms with Crippen LogP contribution in [0.2, 0.25) is 0 Å². The number of rotatable bonds is 10. The van der Waals surface area contributed by atoms with Crippen molar-refractivity contribution in [2.75, 3.05) is 50.5 Å². The van der Waals surface area contributed by atoms with Crippen molar-refractivity contribution in [3.05, 3.63) is 59.8 Å². The molecule has 3 N–H and O–H groups in total. The van der Waals surface area contributed by atoms with E-state index in [9.17, 15) is 14.1 Å². The van der Waals surface area contributed by atoms with Crippen LogP contribution in [0.3, 0.4) is 0 Å². The van der Waals surface area contributed by atoms with Crippen LogP contribution in [0, 0.1) is 6.92 Å². The number of aromatic nitrogens is 4. The van der Waals surface area contributed by atoms with Crippen LogP contribution in [-0.2, 0) is 14.3 Å². The van der Waals surface area contributed by atoms with Crippen molar-refractivity contribution in [2.24, 2.45) is 0 Å². The molecule has 1 amide bonds. The number of nitrogens with one attached hydrogen (secondary N) is 2. The Morgan fingerprint density at radius 2 is 1.85 bits per heavy atom. The number of para-hydroxylation sites is 1. The van der Waals surface area contributed by atoms with E-state index in [1.165, 1.54) is 5.56 Å². The standard InChI is InChI=1S/C32H43N8O4PS/c1-20(2)46(43,45)28-8-6-5-7-25(28)35-32-37-31(36-29-9-12-33-40(29)32)34-26-15-21(3)24(16-27(26)44-4)22-10-13-39(14-11-22)30(42)19-38-17-23(41)18-38/h5-9,12,15-16,20,22-23,41,46H,10-11,13-14,17-19,45H2,1-4H3,(H2,34,35,36,37). The Morgan fingerprint density at radius 3 is 2.54 bits per heavy atom. The highest BCUT2D eigenvalue weighted by atomic mass is 32.8. The highest BCUT2D eigenvalue weighted by molar-refractivity contribution is 8.45. The normalized spacial score (nSPS) is 16.9. The Morgan fingerprint density at radius 1 is 1.11 bits per heavy atom. The fourth-order valence-electron chi connectivity index (χ4n) is 6.18. The van der Waals surface area contributed by atoms with Gasteiger partial charge in [-0.15, -0.1) is 0 Å². The minimum absolute atomic E-state index is 0.0486. The van der Waals surface area contributed by atoms with Crippen molar-refractivity contribution in [3.8, 4) is 5.75 Å².